The van der Waals surface area contributed by atoms with Gasteiger partial charge in [0, 0.05) is 16.1 Å². The predicted molar refractivity (Wildman–Crippen MR) is 112 cm³/mol. The summed E-state index contributed by atoms with van der Waals surface area (Å²) in [5.41, 5.74) is 3.40. The lowest BCUT2D eigenvalue weighted by Crippen LogP contribution is -2.20. The molecule has 28 heavy (non-hydrogen) atoms. The molecule has 0 fully saturated rings. The second kappa shape index (κ2) is 7.94. The van der Waals surface area contributed by atoms with Gasteiger partial charge in [-0.2, -0.15) is 0 Å². The van der Waals surface area contributed by atoms with Gasteiger partial charge in [-0.15, -0.1) is 11.3 Å². The third-order valence-electron chi connectivity index (χ3n) is 4.92. The molecule has 0 bridgehead atoms. The SMILES string of the molecule is CCc1ccc(NC(=O)[C@@H]2CCc3sc(NC(=O)c4ccccc4)nc32)cc1. The topological polar surface area (TPSA) is 71.1 Å². The number of hydrogen-bond acceptors (Lipinski definition) is 4. The fraction of sp³-hybridized carbons (Fsp3) is 0.227. The number of benzene rings is 2. The Kier molecular flexibility index (Phi) is 5.21. The average Bonchev–Trinajstić information content (AvgIpc) is 3.29. The van der Waals surface area contributed by atoms with Gasteiger partial charge in [-0.1, -0.05) is 37.3 Å². The first-order chi connectivity index (χ1) is 13.6. The summed E-state index contributed by atoms with van der Waals surface area (Å²) in [6.07, 6.45) is 2.53. The molecule has 142 valence electrons. The van der Waals surface area contributed by atoms with Crippen LogP contribution in [0.15, 0.2) is 54.6 Å². The molecule has 6 heteroatoms. The number of thiazole rings is 1. The largest absolute Gasteiger partial charge is 0.326 e. The summed E-state index contributed by atoms with van der Waals surface area (Å²) in [6, 6.07) is 16.9. The van der Waals surface area contributed by atoms with Gasteiger partial charge in [0.25, 0.3) is 5.91 Å². The van der Waals surface area contributed by atoms with Crippen LogP contribution in [0, 0.1) is 0 Å². The molecule has 3 aromatic rings. The van der Waals surface area contributed by atoms with Gasteiger partial charge in [-0.25, -0.2) is 4.98 Å². The molecule has 5 nitrogen and oxygen atoms in total. The number of rotatable bonds is 5. The van der Waals surface area contributed by atoms with E-state index in [2.05, 4.69) is 22.5 Å². The Morgan fingerprint density at radius 1 is 1.07 bits per heavy atom. The second-order valence-corrected chi connectivity index (χ2v) is 7.86. The Labute approximate surface area is 167 Å². The van der Waals surface area contributed by atoms with Crippen molar-refractivity contribution in [3.8, 4) is 0 Å². The molecule has 0 saturated carbocycles. The molecule has 1 aliphatic rings. The first kappa shape index (κ1) is 18.4. The predicted octanol–water partition coefficient (Wildman–Crippen LogP) is 4.63. The van der Waals surface area contributed by atoms with Crippen LogP contribution >= 0.6 is 11.3 Å². The van der Waals surface area contributed by atoms with Crippen LogP contribution in [-0.2, 0) is 17.6 Å². The van der Waals surface area contributed by atoms with E-state index in [1.54, 1.807) is 12.1 Å². The smallest absolute Gasteiger partial charge is 0.257 e. The summed E-state index contributed by atoms with van der Waals surface area (Å²) >= 11 is 1.45. The number of carbonyl (C=O) groups excluding carboxylic acids is 2. The summed E-state index contributed by atoms with van der Waals surface area (Å²) < 4.78 is 0. The summed E-state index contributed by atoms with van der Waals surface area (Å²) in [7, 11) is 0. The van der Waals surface area contributed by atoms with Crippen molar-refractivity contribution in [1.82, 2.24) is 4.98 Å². The lowest BCUT2D eigenvalue weighted by molar-refractivity contribution is -0.117. The van der Waals surface area contributed by atoms with E-state index in [0.29, 0.717) is 10.7 Å². The minimum Gasteiger partial charge on any atom is -0.326 e. The highest BCUT2D eigenvalue weighted by Gasteiger charge is 2.33. The van der Waals surface area contributed by atoms with E-state index in [1.165, 1.54) is 16.9 Å². The van der Waals surface area contributed by atoms with Crippen molar-refractivity contribution in [2.24, 2.45) is 0 Å². The number of nitrogens with one attached hydrogen (secondary N) is 2. The number of nitrogens with zero attached hydrogens (tertiary/aromatic N) is 1. The van der Waals surface area contributed by atoms with Crippen LogP contribution in [0.5, 0.6) is 0 Å². The molecule has 2 aromatic carbocycles. The van der Waals surface area contributed by atoms with Crippen molar-refractivity contribution >= 4 is 34.0 Å². The number of carbonyl (C=O) groups is 2. The molecule has 0 aliphatic heterocycles. The van der Waals surface area contributed by atoms with Crippen LogP contribution in [0.3, 0.4) is 0 Å². The van der Waals surface area contributed by atoms with E-state index in [1.807, 2.05) is 42.5 Å². The zero-order valence-corrected chi connectivity index (χ0v) is 16.4. The minimum atomic E-state index is -0.278. The first-order valence-electron chi connectivity index (χ1n) is 9.40. The first-order valence-corrected chi connectivity index (χ1v) is 10.2. The summed E-state index contributed by atoms with van der Waals surface area (Å²) in [6.45, 7) is 2.10. The van der Waals surface area contributed by atoms with Crippen molar-refractivity contribution in [3.05, 3.63) is 76.3 Å². The number of anilines is 2. The maximum absolute atomic E-state index is 12.8. The van der Waals surface area contributed by atoms with Crippen molar-refractivity contribution in [2.45, 2.75) is 32.1 Å². The van der Waals surface area contributed by atoms with Crippen LogP contribution in [0.4, 0.5) is 10.8 Å². The maximum atomic E-state index is 12.8. The van der Waals surface area contributed by atoms with Crippen LogP contribution in [0.2, 0.25) is 0 Å². The zero-order valence-electron chi connectivity index (χ0n) is 15.6. The third kappa shape index (κ3) is 3.82. The number of hydrogen-bond donors (Lipinski definition) is 2. The molecular weight excluding hydrogens is 370 g/mol. The fourth-order valence-corrected chi connectivity index (χ4v) is 4.38. The van der Waals surface area contributed by atoms with Crippen LogP contribution in [0.1, 0.15) is 45.8 Å². The van der Waals surface area contributed by atoms with Gasteiger partial charge in [-0.3, -0.25) is 14.9 Å². The summed E-state index contributed by atoms with van der Waals surface area (Å²) in [4.78, 5) is 30.7. The third-order valence-corrected chi connectivity index (χ3v) is 5.97. The van der Waals surface area contributed by atoms with Crippen molar-refractivity contribution in [2.75, 3.05) is 10.6 Å². The van der Waals surface area contributed by atoms with E-state index in [-0.39, 0.29) is 17.7 Å². The minimum absolute atomic E-state index is 0.0470. The Balaban J connectivity index is 1.45. The highest BCUT2D eigenvalue weighted by atomic mass is 32.1. The zero-order chi connectivity index (χ0) is 19.5. The molecule has 1 aliphatic carbocycles. The molecule has 1 atom stereocenters. The van der Waals surface area contributed by atoms with E-state index in [0.717, 1.165) is 35.5 Å². The van der Waals surface area contributed by atoms with E-state index >= 15 is 0 Å². The molecule has 2 N–H and O–H groups in total. The lowest BCUT2D eigenvalue weighted by Gasteiger charge is -2.11. The fourth-order valence-electron chi connectivity index (χ4n) is 3.35. The highest BCUT2D eigenvalue weighted by Crippen LogP contribution is 2.39. The van der Waals surface area contributed by atoms with Gasteiger partial charge in [0.15, 0.2) is 5.13 Å². The van der Waals surface area contributed by atoms with Crippen LogP contribution in [0.25, 0.3) is 0 Å². The Morgan fingerprint density at radius 2 is 1.82 bits per heavy atom. The standard InChI is InChI=1S/C22H21N3O2S/c1-2-14-8-10-16(11-9-14)23-21(27)17-12-13-18-19(17)24-22(28-18)25-20(26)15-6-4-3-5-7-15/h3-11,17H,2,12-13H2,1H3,(H,23,27)(H,24,25,26)/t17-/m1/s1. The Hall–Kier alpha value is -2.99. The lowest BCUT2D eigenvalue weighted by atomic mass is 10.1. The molecule has 0 saturated heterocycles. The van der Waals surface area contributed by atoms with E-state index in [4.69, 9.17) is 0 Å². The molecule has 1 heterocycles. The van der Waals surface area contributed by atoms with Gasteiger partial charge in [0.2, 0.25) is 5.91 Å². The molecule has 0 unspecified atom stereocenters. The van der Waals surface area contributed by atoms with Crippen molar-refractivity contribution in [1.29, 1.82) is 0 Å². The van der Waals surface area contributed by atoms with Gasteiger partial charge in [0.1, 0.15) is 0 Å². The second-order valence-electron chi connectivity index (χ2n) is 6.78. The molecule has 0 radical (unpaired) electrons. The van der Waals surface area contributed by atoms with Gasteiger partial charge >= 0.3 is 0 Å². The normalized spacial score (nSPS) is 15.1. The Morgan fingerprint density at radius 3 is 2.54 bits per heavy atom. The number of fused-ring (bicyclic) bond motifs is 1. The molecule has 1 aromatic heterocycles. The van der Waals surface area contributed by atoms with E-state index < -0.39 is 0 Å². The Bertz CT molecular complexity index is 996. The molecule has 0 spiro atoms. The van der Waals surface area contributed by atoms with E-state index in [9.17, 15) is 9.59 Å². The number of amides is 2. The highest BCUT2D eigenvalue weighted by molar-refractivity contribution is 7.16. The summed E-state index contributed by atoms with van der Waals surface area (Å²) in [5, 5.41) is 6.38. The summed E-state index contributed by atoms with van der Waals surface area (Å²) in [5.74, 6) is -0.515. The van der Waals surface area contributed by atoms with Gasteiger partial charge < -0.3 is 5.32 Å². The van der Waals surface area contributed by atoms with Crippen molar-refractivity contribution in [3.63, 3.8) is 0 Å². The molecule has 4 rings (SSSR count). The van der Waals surface area contributed by atoms with Crippen LogP contribution < -0.4 is 10.6 Å². The maximum Gasteiger partial charge on any atom is 0.257 e. The van der Waals surface area contributed by atoms with Crippen molar-refractivity contribution < 1.29 is 9.59 Å². The van der Waals surface area contributed by atoms with Gasteiger partial charge in [0.05, 0.1) is 11.6 Å². The van der Waals surface area contributed by atoms with Crippen LogP contribution in [-0.4, -0.2) is 16.8 Å². The average molecular weight is 391 g/mol. The molecule has 2 amide bonds. The number of aryl methyl sites for hydroxylation is 2. The molecular formula is C22H21N3O2S. The quantitative estimate of drug-likeness (QED) is 0.666. The number of aromatic nitrogens is 1. The monoisotopic (exact) mass is 391 g/mol. The van der Waals surface area contributed by atoms with Gasteiger partial charge in [-0.05, 0) is 49.1 Å².